The van der Waals surface area contributed by atoms with Crippen molar-refractivity contribution in [3.63, 3.8) is 0 Å². The maximum absolute atomic E-state index is 13.2. The number of carbonyl (C=O) groups excluding carboxylic acids is 2. The lowest BCUT2D eigenvalue weighted by Crippen LogP contribution is -2.24. The van der Waals surface area contributed by atoms with Gasteiger partial charge >= 0.3 is 5.97 Å². The molecule has 0 atom stereocenters. The third kappa shape index (κ3) is 3.87. The Hall–Kier alpha value is -3.00. The van der Waals surface area contributed by atoms with Crippen molar-refractivity contribution >= 4 is 23.2 Å². The highest BCUT2D eigenvalue weighted by Gasteiger charge is 2.31. The van der Waals surface area contributed by atoms with Gasteiger partial charge in [-0.1, -0.05) is 30.3 Å². The van der Waals surface area contributed by atoms with Gasteiger partial charge in [-0.05, 0) is 32.1 Å². The van der Waals surface area contributed by atoms with E-state index in [1.807, 2.05) is 35.0 Å². The van der Waals surface area contributed by atoms with Crippen molar-refractivity contribution in [2.24, 2.45) is 0 Å². The van der Waals surface area contributed by atoms with Crippen LogP contribution in [0, 0.1) is 0 Å². The predicted molar refractivity (Wildman–Crippen MR) is 117 cm³/mol. The number of rotatable bonds is 6. The number of aryl methyl sites for hydroxylation is 1. The first-order valence-electron chi connectivity index (χ1n) is 10.7. The molecule has 0 radical (unpaired) electrons. The SMILES string of the molecule is COC(=O)c1c(CNC(=O)c2sc(C3CC3)nc2-c2ccccc2)nn2c1CCCC2. The number of hydrogen-bond donors (Lipinski definition) is 1. The summed E-state index contributed by atoms with van der Waals surface area (Å²) in [6.45, 7) is 0.958. The zero-order valence-electron chi connectivity index (χ0n) is 17.4. The fourth-order valence-corrected chi connectivity index (χ4v) is 5.21. The van der Waals surface area contributed by atoms with Crippen LogP contribution in [0.3, 0.4) is 0 Å². The van der Waals surface area contributed by atoms with Gasteiger partial charge in [-0.15, -0.1) is 11.3 Å². The van der Waals surface area contributed by atoms with E-state index in [0.717, 1.165) is 60.6 Å². The van der Waals surface area contributed by atoms with Gasteiger partial charge in [-0.2, -0.15) is 5.10 Å². The molecule has 1 amide bonds. The van der Waals surface area contributed by atoms with E-state index in [1.54, 1.807) is 0 Å². The van der Waals surface area contributed by atoms with E-state index in [9.17, 15) is 9.59 Å². The highest BCUT2D eigenvalue weighted by atomic mass is 32.1. The number of methoxy groups -OCH3 is 1. The molecule has 5 rings (SSSR count). The minimum Gasteiger partial charge on any atom is -0.465 e. The topological polar surface area (TPSA) is 86.1 Å². The number of aromatic nitrogens is 3. The van der Waals surface area contributed by atoms with Crippen LogP contribution in [-0.2, 0) is 24.2 Å². The van der Waals surface area contributed by atoms with Gasteiger partial charge in [0.2, 0.25) is 0 Å². The number of ether oxygens (including phenoxy) is 1. The summed E-state index contributed by atoms with van der Waals surface area (Å²) in [4.78, 5) is 31.0. The number of fused-ring (bicyclic) bond motifs is 1. The smallest absolute Gasteiger partial charge is 0.341 e. The standard InChI is InChI=1S/C23H24N4O3S/c1-30-23(29)18-16(26-27-12-6-5-9-17(18)27)13-24-21(28)20-19(14-7-3-2-4-8-14)25-22(31-20)15-10-11-15/h2-4,7-8,15H,5-6,9-13H2,1H3,(H,24,28). The highest BCUT2D eigenvalue weighted by molar-refractivity contribution is 7.14. The van der Waals surface area contributed by atoms with Crippen LogP contribution in [-0.4, -0.2) is 33.8 Å². The number of nitrogens with zero attached hydrogens (tertiary/aromatic N) is 3. The summed E-state index contributed by atoms with van der Waals surface area (Å²) < 4.78 is 6.87. The van der Waals surface area contributed by atoms with E-state index >= 15 is 0 Å². The molecule has 160 valence electrons. The van der Waals surface area contributed by atoms with Crippen LogP contribution >= 0.6 is 11.3 Å². The van der Waals surface area contributed by atoms with Gasteiger partial charge in [-0.3, -0.25) is 9.48 Å². The summed E-state index contributed by atoms with van der Waals surface area (Å²) in [5.41, 5.74) is 3.62. The maximum atomic E-state index is 13.2. The van der Waals surface area contributed by atoms with E-state index < -0.39 is 5.97 Å². The molecule has 1 aliphatic heterocycles. The van der Waals surface area contributed by atoms with Gasteiger partial charge in [0.1, 0.15) is 10.4 Å². The second kappa shape index (κ2) is 8.26. The molecule has 31 heavy (non-hydrogen) atoms. The molecule has 2 aromatic heterocycles. The molecule has 0 saturated heterocycles. The molecular weight excluding hydrogens is 412 g/mol. The van der Waals surface area contributed by atoms with Crippen LogP contribution < -0.4 is 5.32 Å². The van der Waals surface area contributed by atoms with Gasteiger partial charge in [0.15, 0.2) is 0 Å². The monoisotopic (exact) mass is 436 g/mol. The van der Waals surface area contributed by atoms with Crippen LogP contribution in [0.2, 0.25) is 0 Å². The number of hydrogen-bond acceptors (Lipinski definition) is 6. The Kier molecular flexibility index (Phi) is 5.31. The normalized spacial score (nSPS) is 15.4. The Morgan fingerprint density at radius 1 is 1.23 bits per heavy atom. The van der Waals surface area contributed by atoms with Crippen molar-refractivity contribution in [1.82, 2.24) is 20.1 Å². The van der Waals surface area contributed by atoms with Gasteiger partial charge in [0.05, 0.1) is 35.7 Å². The first-order chi connectivity index (χ1) is 15.2. The Balaban J connectivity index is 1.42. The van der Waals surface area contributed by atoms with Crippen LogP contribution in [0.4, 0.5) is 0 Å². The highest BCUT2D eigenvalue weighted by Crippen LogP contribution is 2.44. The van der Waals surface area contributed by atoms with Gasteiger partial charge in [0.25, 0.3) is 5.91 Å². The number of benzene rings is 1. The van der Waals surface area contributed by atoms with Crippen molar-refractivity contribution in [3.8, 4) is 11.3 Å². The molecule has 0 bridgehead atoms. The van der Waals surface area contributed by atoms with Crippen molar-refractivity contribution in [1.29, 1.82) is 0 Å². The second-order valence-electron chi connectivity index (χ2n) is 7.99. The first kappa shape index (κ1) is 19.9. The van der Waals surface area contributed by atoms with Crippen molar-refractivity contribution in [3.05, 3.63) is 57.2 Å². The van der Waals surface area contributed by atoms with E-state index in [0.29, 0.717) is 22.1 Å². The third-order valence-corrected chi connectivity index (χ3v) is 7.01. The van der Waals surface area contributed by atoms with Gasteiger partial charge in [0, 0.05) is 18.0 Å². The quantitative estimate of drug-likeness (QED) is 0.592. The van der Waals surface area contributed by atoms with E-state index in [4.69, 9.17) is 9.72 Å². The summed E-state index contributed by atoms with van der Waals surface area (Å²) in [6.07, 6.45) is 5.11. The average Bonchev–Trinajstić information content (AvgIpc) is 3.45. The van der Waals surface area contributed by atoms with Crippen molar-refractivity contribution in [2.45, 2.75) is 51.1 Å². The Bertz CT molecular complexity index is 1130. The molecule has 2 aliphatic rings. The summed E-state index contributed by atoms with van der Waals surface area (Å²) in [6, 6.07) is 9.80. The largest absolute Gasteiger partial charge is 0.465 e. The van der Waals surface area contributed by atoms with E-state index in [-0.39, 0.29) is 12.5 Å². The fraction of sp³-hybridized carbons (Fsp3) is 0.391. The molecule has 3 heterocycles. The van der Waals surface area contributed by atoms with Gasteiger partial charge in [-0.25, -0.2) is 9.78 Å². The number of amides is 1. The molecule has 0 unspecified atom stereocenters. The zero-order valence-corrected chi connectivity index (χ0v) is 18.2. The second-order valence-corrected chi connectivity index (χ2v) is 9.02. The lowest BCUT2D eigenvalue weighted by atomic mass is 10.0. The summed E-state index contributed by atoms with van der Waals surface area (Å²) in [5.74, 6) is -0.115. The molecule has 1 fully saturated rings. The molecule has 3 aromatic rings. The molecule has 0 spiro atoms. The fourth-order valence-electron chi connectivity index (χ4n) is 4.04. The van der Waals surface area contributed by atoms with E-state index in [2.05, 4.69) is 10.4 Å². The molecule has 1 saturated carbocycles. The Morgan fingerprint density at radius 2 is 2.03 bits per heavy atom. The molecule has 8 heteroatoms. The minimum atomic E-state index is -0.397. The van der Waals surface area contributed by atoms with Crippen LogP contribution in [0.25, 0.3) is 11.3 Å². The van der Waals surface area contributed by atoms with Crippen molar-refractivity contribution < 1.29 is 14.3 Å². The average molecular weight is 437 g/mol. The number of nitrogens with one attached hydrogen (secondary N) is 1. The van der Waals surface area contributed by atoms with E-state index in [1.165, 1.54) is 18.4 Å². The molecular formula is C23H24N4O3S. The summed E-state index contributed by atoms with van der Waals surface area (Å²) >= 11 is 1.47. The molecule has 1 N–H and O–H groups in total. The summed E-state index contributed by atoms with van der Waals surface area (Å²) in [7, 11) is 1.38. The Morgan fingerprint density at radius 3 is 2.77 bits per heavy atom. The van der Waals surface area contributed by atoms with Crippen molar-refractivity contribution in [2.75, 3.05) is 7.11 Å². The number of esters is 1. The third-order valence-electron chi connectivity index (χ3n) is 5.79. The maximum Gasteiger partial charge on any atom is 0.341 e. The summed E-state index contributed by atoms with van der Waals surface area (Å²) in [5, 5.41) is 8.60. The lowest BCUT2D eigenvalue weighted by Gasteiger charge is -2.13. The molecule has 7 nitrogen and oxygen atoms in total. The molecule has 1 aromatic carbocycles. The molecule has 1 aliphatic carbocycles. The van der Waals surface area contributed by atoms with Gasteiger partial charge < -0.3 is 10.1 Å². The van der Waals surface area contributed by atoms with Crippen LogP contribution in [0.5, 0.6) is 0 Å². The van der Waals surface area contributed by atoms with Crippen LogP contribution in [0.15, 0.2) is 30.3 Å². The van der Waals surface area contributed by atoms with Crippen LogP contribution in [0.1, 0.15) is 68.0 Å². The zero-order chi connectivity index (χ0) is 21.4. The lowest BCUT2D eigenvalue weighted by molar-refractivity contribution is 0.0597. The number of carbonyl (C=O) groups is 2. The Labute approximate surface area is 184 Å². The minimum absolute atomic E-state index is 0.175. The number of thiazole rings is 1. The predicted octanol–water partition coefficient (Wildman–Crippen LogP) is 3.94. The first-order valence-corrected chi connectivity index (χ1v) is 11.5.